The predicted octanol–water partition coefficient (Wildman–Crippen LogP) is 5.15. The highest BCUT2D eigenvalue weighted by atomic mass is 32.1. The summed E-state index contributed by atoms with van der Waals surface area (Å²) in [6.45, 7) is 2.25. The molecule has 7 nitrogen and oxygen atoms in total. The Morgan fingerprint density at radius 1 is 1.23 bits per heavy atom. The van der Waals surface area contributed by atoms with Gasteiger partial charge in [-0.15, -0.1) is 11.3 Å². The van der Waals surface area contributed by atoms with E-state index in [1.54, 1.807) is 36.7 Å². The summed E-state index contributed by atoms with van der Waals surface area (Å²) in [6, 6.07) is 8.32. The fourth-order valence-electron chi connectivity index (χ4n) is 3.02. The first-order valence-electron chi connectivity index (χ1n) is 9.28. The number of pyridine rings is 1. The highest BCUT2D eigenvalue weighted by Gasteiger charge is 2.22. The van der Waals surface area contributed by atoms with Crippen LogP contribution in [0, 0.1) is 5.82 Å². The van der Waals surface area contributed by atoms with Gasteiger partial charge in [-0.1, -0.05) is 17.4 Å². The monoisotopic (exact) mass is 456 g/mol. The lowest BCUT2D eigenvalue weighted by molar-refractivity contribution is 0.0606. The van der Waals surface area contributed by atoms with E-state index in [9.17, 15) is 9.59 Å². The largest absolute Gasteiger partial charge is 0.465 e. The summed E-state index contributed by atoms with van der Waals surface area (Å²) < 4.78 is 20.8. The van der Waals surface area contributed by atoms with Gasteiger partial charge in [-0.05, 0) is 42.1 Å². The van der Waals surface area contributed by atoms with E-state index >= 15 is 4.39 Å². The van der Waals surface area contributed by atoms with E-state index in [4.69, 9.17) is 4.74 Å². The number of amides is 2. The smallest absolute Gasteiger partial charge is 0.348 e. The maximum atomic E-state index is 15.5. The van der Waals surface area contributed by atoms with Crippen molar-refractivity contribution in [1.29, 1.82) is 0 Å². The number of nitrogens with zero attached hydrogens (tertiary/aromatic N) is 2. The van der Waals surface area contributed by atoms with E-state index in [0.29, 0.717) is 32.9 Å². The van der Waals surface area contributed by atoms with E-state index in [0.717, 1.165) is 0 Å². The van der Waals surface area contributed by atoms with Gasteiger partial charge >= 0.3 is 12.0 Å². The molecule has 0 bridgehead atoms. The van der Waals surface area contributed by atoms with E-state index in [-0.39, 0.29) is 16.2 Å². The van der Waals surface area contributed by atoms with Crippen LogP contribution in [0.3, 0.4) is 0 Å². The summed E-state index contributed by atoms with van der Waals surface area (Å²) in [4.78, 5) is 32.8. The van der Waals surface area contributed by atoms with E-state index in [2.05, 4.69) is 20.6 Å². The standard InChI is InChI=1S/C21H17FN4O3S2/c1-3-23-20(28)26-21-25-17-16(22)12(11-8-15(30-10-11)19(27)29-2)9-13(18(17)31-21)14-6-4-5-7-24-14/h4-10H,3H2,1-2H3,(H2,23,25,26,28). The van der Waals surface area contributed by atoms with Crippen molar-refractivity contribution in [1.82, 2.24) is 15.3 Å². The van der Waals surface area contributed by atoms with Gasteiger partial charge < -0.3 is 10.1 Å². The first kappa shape index (κ1) is 20.9. The number of fused-ring (bicyclic) bond motifs is 1. The first-order chi connectivity index (χ1) is 15.0. The SMILES string of the molecule is CCNC(=O)Nc1nc2c(F)c(-c3csc(C(=O)OC)c3)cc(-c3ccccn3)c2s1. The molecule has 0 aliphatic carbocycles. The number of halogens is 1. The van der Waals surface area contributed by atoms with Gasteiger partial charge in [0, 0.05) is 23.9 Å². The van der Waals surface area contributed by atoms with E-state index in [1.165, 1.54) is 29.8 Å². The van der Waals surface area contributed by atoms with Gasteiger partial charge in [0.05, 0.1) is 17.5 Å². The van der Waals surface area contributed by atoms with Crippen molar-refractivity contribution >= 4 is 50.0 Å². The summed E-state index contributed by atoms with van der Waals surface area (Å²) in [6.07, 6.45) is 1.65. The van der Waals surface area contributed by atoms with Crippen LogP contribution in [-0.2, 0) is 4.74 Å². The van der Waals surface area contributed by atoms with Gasteiger partial charge in [-0.2, -0.15) is 0 Å². The summed E-state index contributed by atoms with van der Waals surface area (Å²) in [7, 11) is 1.30. The number of anilines is 1. The molecule has 0 spiro atoms. The van der Waals surface area contributed by atoms with Gasteiger partial charge in [-0.3, -0.25) is 10.3 Å². The van der Waals surface area contributed by atoms with Crippen LogP contribution in [0.2, 0.25) is 0 Å². The number of rotatable bonds is 5. The average Bonchev–Trinajstić information content (AvgIpc) is 3.42. The number of hydrogen-bond acceptors (Lipinski definition) is 7. The number of esters is 1. The number of nitrogens with one attached hydrogen (secondary N) is 2. The number of urea groups is 1. The molecule has 0 unspecified atom stereocenters. The van der Waals surface area contributed by atoms with Crippen molar-refractivity contribution in [3.8, 4) is 22.4 Å². The molecule has 3 heterocycles. The lowest BCUT2D eigenvalue weighted by Crippen LogP contribution is -2.28. The molecule has 0 aliphatic rings. The second-order valence-corrected chi connectivity index (χ2v) is 8.28. The third kappa shape index (κ3) is 4.12. The number of benzene rings is 1. The molecular formula is C21H17FN4O3S2. The Balaban J connectivity index is 1.89. The highest BCUT2D eigenvalue weighted by Crippen LogP contribution is 2.41. The normalized spacial score (nSPS) is 10.8. The lowest BCUT2D eigenvalue weighted by Gasteiger charge is -2.07. The molecule has 0 radical (unpaired) electrons. The Bertz CT molecular complexity index is 1270. The zero-order valence-corrected chi connectivity index (χ0v) is 18.2. The Morgan fingerprint density at radius 3 is 2.77 bits per heavy atom. The molecule has 158 valence electrons. The zero-order valence-electron chi connectivity index (χ0n) is 16.6. The van der Waals surface area contributed by atoms with Crippen LogP contribution in [0.4, 0.5) is 14.3 Å². The van der Waals surface area contributed by atoms with Crippen LogP contribution < -0.4 is 10.6 Å². The van der Waals surface area contributed by atoms with Crippen LogP contribution in [0.25, 0.3) is 32.6 Å². The summed E-state index contributed by atoms with van der Waals surface area (Å²) >= 11 is 2.34. The van der Waals surface area contributed by atoms with Crippen LogP contribution in [-0.4, -0.2) is 35.6 Å². The minimum atomic E-state index is -0.538. The second-order valence-electron chi connectivity index (χ2n) is 6.37. The van der Waals surface area contributed by atoms with Crippen molar-refractivity contribution in [2.45, 2.75) is 6.92 Å². The summed E-state index contributed by atoms with van der Waals surface area (Å²) in [5.74, 6) is -1.02. The van der Waals surface area contributed by atoms with Gasteiger partial charge in [0.1, 0.15) is 10.4 Å². The molecule has 0 aliphatic heterocycles. The van der Waals surface area contributed by atoms with E-state index in [1.807, 2.05) is 12.1 Å². The van der Waals surface area contributed by atoms with Crippen LogP contribution in [0.1, 0.15) is 16.6 Å². The molecule has 0 atom stereocenters. The third-order valence-electron chi connectivity index (χ3n) is 4.40. The Kier molecular flexibility index (Phi) is 5.92. The van der Waals surface area contributed by atoms with E-state index < -0.39 is 17.8 Å². The van der Waals surface area contributed by atoms with Crippen molar-refractivity contribution in [2.24, 2.45) is 0 Å². The molecule has 10 heteroatoms. The maximum Gasteiger partial charge on any atom is 0.348 e. The van der Waals surface area contributed by atoms with Gasteiger partial charge in [-0.25, -0.2) is 19.0 Å². The fraction of sp³-hybridized carbons (Fsp3) is 0.143. The Hall–Kier alpha value is -3.37. The first-order valence-corrected chi connectivity index (χ1v) is 11.0. The topological polar surface area (TPSA) is 93.2 Å². The fourth-order valence-corrected chi connectivity index (χ4v) is 4.82. The van der Waals surface area contributed by atoms with Crippen molar-refractivity contribution in [3.63, 3.8) is 0 Å². The van der Waals surface area contributed by atoms with Gasteiger partial charge in [0.15, 0.2) is 10.9 Å². The van der Waals surface area contributed by atoms with Crippen molar-refractivity contribution < 1.29 is 18.7 Å². The third-order valence-corrected chi connectivity index (χ3v) is 6.31. The molecule has 0 saturated carbocycles. The molecular weight excluding hydrogens is 439 g/mol. The molecule has 4 rings (SSSR count). The Labute approximate surface area is 184 Å². The molecule has 31 heavy (non-hydrogen) atoms. The molecule has 0 fully saturated rings. The molecule has 2 amide bonds. The van der Waals surface area contributed by atoms with Crippen LogP contribution in [0.5, 0.6) is 0 Å². The number of hydrogen-bond donors (Lipinski definition) is 2. The summed E-state index contributed by atoms with van der Waals surface area (Å²) in [5, 5.41) is 7.22. The number of aromatic nitrogens is 2. The molecule has 4 aromatic rings. The Morgan fingerprint density at radius 2 is 2.06 bits per heavy atom. The van der Waals surface area contributed by atoms with Crippen molar-refractivity contribution in [3.05, 3.63) is 52.6 Å². The number of ether oxygens (including phenoxy) is 1. The minimum absolute atomic E-state index is 0.126. The predicted molar refractivity (Wildman–Crippen MR) is 120 cm³/mol. The van der Waals surface area contributed by atoms with Crippen LogP contribution in [0.15, 0.2) is 41.9 Å². The number of carbonyl (C=O) groups is 2. The zero-order chi connectivity index (χ0) is 22.0. The molecule has 3 aromatic heterocycles. The molecule has 0 saturated heterocycles. The molecule has 2 N–H and O–H groups in total. The quantitative estimate of drug-likeness (QED) is 0.405. The van der Waals surface area contributed by atoms with Crippen LogP contribution >= 0.6 is 22.7 Å². The van der Waals surface area contributed by atoms with Gasteiger partial charge in [0.2, 0.25) is 0 Å². The number of thiazole rings is 1. The molecule has 1 aromatic carbocycles. The minimum Gasteiger partial charge on any atom is -0.465 e. The lowest BCUT2D eigenvalue weighted by atomic mass is 10.0. The average molecular weight is 457 g/mol. The summed E-state index contributed by atoms with van der Waals surface area (Å²) in [5.41, 5.74) is 2.27. The second kappa shape index (κ2) is 8.78. The number of thiophene rings is 1. The number of carbonyl (C=O) groups excluding carboxylic acids is 2. The van der Waals surface area contributed by atoms with Crippen molar-refractivity contribution in [2.75, 3.05) is 19.0 Å². The van der Waals surface area contributed by atoms with Gasteiger partial charge in [0.25, 0.3) is 0 Å². The maximum absolute atomic E-state index is 15.5. The number of methoxy groups -OCH3 is 1. The highest BCUT2D eigenvalue weighted by molar-refractivity contribution is 7.23.